The molecule has 0 aromatic carbocycles. The molecule has 1 fully saturated rings. The van der Waals surface area contributed by atoms with E-state index in [1.807, 2.05) is 17.5 Å². The highest BCUT2D eigenvalue weighted by Crippen LogP contribution is 2.36. The number of thiophene rings is 2. The van der Waals surface area contributed by atoms with Crippen LogP contribution in [-0.2, 0) is 22.4 Å². The first-order valence-corrected chi connectivity index (χ1v) is 9.97. The maximum Gasteiger partial charge on any atom is 0.253 e. The van der Waals surface area contributed by atoms with E-state index in [2.05, 4.69) is 0 Å². The van der Waals surface area contributed by atoms with Crippen molar-refractivity contribution in [1.82, 2.24) is 4.31 Å². The van der Waals surface area contributed by atoms with Crippen molar-refractivity contribution < 1.29 is 8.42 Å². The second-order valence-corrected chi connectivity index (χ2v) is 9.30. The van der Waals surface area contributed by atoms with Crippen LogP contribution in [0.3, 0.4) is 0 Å². The lowest BCUT2D eigenvalue weighted by atomic mass is 10.4. The fourth-order valence-corrected chi connectivity index (χ4v) is 6.05. The van der Waals surface area contributed by atoms with E-state index in [0.717, 1.165) is 22.6 Å². The fraction of sp³-hybridized carbons (Fsp3) is 0.385. The normalized spacial score (nSPS) is 15.9. The summed E-state index contributed by atoms with van der Waals surface area (Å²) in [5, 5.41) is 1.98. The molecule has 1 saturated carbocycles. The lowest BCUT2D eigenvalue weighted by Crippen LogP contribution is -2.31. The lowest BCUT2D eigenvalue weighted by Gasteiger charge is -2.20. The van der Waals surface area contributed by atoms with Crippen LogP contribution in [0.4, 0.5) is 0 Å². The molecule has 0 unspecified atom stereocenters. The van der Waals surface area contributed by atoms with Gasteiger partial charge in [0.25, 0.3) is 10.0 Å². The SMILES string of the molecule is O=S(=O)(c1ccc(CCl)s1)N(Cc1cccs1)C1CC1. The zero-order valence-electron chi connectivity index (χ0n) is 10.7. The lowest BCUT2D eigenvalue weighted by molar-refractivity contribution is 0.403. The molecule has 0 bridgehead atoms. The molecular formula is C13H14ClNO2S3. The third-order valence-electron chi connectivity index (χ3n) is 3.18. The Balaban J connectivity index is 1.89. The van der Waals surface area contributed by atoms with Crippen LogP contribution in [0.5, 0.6) is 0 Å². The standard InChI is InChI=1S/C13H14ClNO2S3/c14-8-11-5-6-13(19-11)20(16,17)15(10-3-4-10)9-12-2-1-7-18-12/h1-2,5-7,10H,3-4,8-9H2. The molecule has 7 heteroatoms. The number of nitrogens with zero attached hydrogens (tertiary/aromatic N) is 1. The van der Waals surface area contributed by atoms with Gasteiger partial charge in [0.15, 0.2) is 0 Å². The van der Waals surface area contributed by atoms with Crippen molar-refractivity contribution in [3.8, 4) is 0 Å². The summed E-state index contributed by atoms with van der Waals surface area (Å²) in [6.45, 7) is 0.471. The van der Waals surface area contributed by atoms with Gasteiger partial charge in [-0.3, -0.25) is 0 Å². The first kappa shape index (κ1) is 14.5. The molecule has 2 aromatic rings. The summed E-state index contributed by atoms with van der Waals surface area (Å²) in [4.78, 5) is 1.96. The first-order chi connectivity index (χ1) is 9.61. The Kier molecular flexibility index (Phi) is 4.19. The molecule has 0 saturated heterocycles. The second-order valence-electron chi connectivity index (χ2n) is 4.72. The molecule has 108 valence electrons. The van der Waals surface area contributed by atoms with Gasteiger partial charge < -0.3 is 0 Å². The topological polar surface area (TPSA) is 37.4 Å². The average Bonchev–Trinajstić information content (AvgIpc) is 2.96. The molecule has 0 amide bonds. The Labute approximate surface area is 131 Å². The predicted octanol–water partition coefficient (Wildman–Crippen LogP) is 3.90. The van der Waals surface area contributed by atoms with Crippen molar-refractivity contribution >= 4 is 44.3 Å². The highest BCUT2D eigenvalue weighted by atomic mass is 35.5. The molecule has 0 radical (unpaired) electrons. The summed E-state index contributed by atoms with van der Waals surface area (Å²) in [5.41, 5.74) is 0. The minimum Gasteiger partial charge on any atom is -0.206 e. The smallest absolute Gasteiger partial charge is 0.206 e. The number of halogens is 1. The van der Waals surface area contributed by atoms with Gasteiger partial charge in [-0.1, -0.05) is 6.07 Å². The van der Waals surface area contributed by atoms with E-state index in [1.54, 1.807) is 27.8 Å². The highest BCUT2D eigenvalue weighted by Gasteiger charge is 2.38. The first-order valence-electron chi connectivity index (χ1n) is 6.30. The molecule has 3 nitrogen and oxygen atoms in total. The molecule has 0 atom stereocenters. The van der Waals surface area contributed by atoms with E-state index >= 15 is 0 Å². The van der Waals surface area contributed by atoms with E-state index in [0.29, 0.717) is 16.6 Å². The van der Waals surface area contributed by atoms with E-state index in [4.69, 9.17) is 11.6 Å². The minimum atomic E-state index is -3.40. The Morgan fingerprint density at radius 2 is 2.05 bits per heavy atom. The summed E-state index contributed by atoms with van der Waals surface area (Å²) in [7, 11) is -3.40. The molecule has 0 aliphatic heterocycles. The minimum absolute atomic E-state index is 0.156. The number of alkyl halides is 1. The molecule has 1 aliphatic rings. The van der Waals surface area contributed by atoms with E-state index in [1.165, 1.54) is 11.3 Å². The highest BCUT2D eigenvalue weighted by molar-refractivity contribution is 7.91. The van der Waals surface area contributed by atoms with Crippen molar-refractivity contribution in [2.75, 3.05) is 0 Å². The molecule has 0 spiro atoms. The average molecular weight is 348 g/mol. The van der Waals surface area contributed by atoms with Crippen LogP contribution in [0.15, 0.2) is 33.9 Å². The molecule has 1 aliphatic carbocycles. The quantitative estimate of drug-likeness (QED) is 0.743. The van der Waals surface area contributed by atoms with Crippen LogP contribution >= 0.6 is 34.3 Å². The summed E-state index contributed by atoms with van der Waals surface area (Å²) in [6.07, 6.45) is 1.91. The monoisotopic (exact) mass is 347 g/mol. The van der Waals surface area contributed by atoms with Crippen LogP contribution in [0.1, 0.15) is 22.6 Å². The molecule has 2 heterocycles. The van der Waals surface area contributed by atoms with Gasteiger partial charge in [-0.15, -0.1) is 34.3 Å². The van der Waals surface area contributed by atoms with Crippen molar-refractivity contribution in [3.05, 3.63) is 39.4 Å². The largest absolute Gasteiger partial charge is 0.253 e. The maximum atomic E-state index is 12.8. The van der Waals surface area contributed by atoms with Crippen LogP contribution in [0, 0.1) is 0 Å². The summed E-state index contributed by atoms with van der Waals surface area (Å²) < 4.78 is 27.6. The Morgan fingerprint density at radius 3 is 2.60 bits per heavy atom. The predicted molar refractivity (Wildman–Crippen MR) is 83.9 cm³/mol. The number of hydrogen-bond donors (Lipinski definition) is 0. The van der Waals surface area contributed by atoms with Gasteiger partial charge in [-0.25, -0.2) is 8.42 Å². The van der Waals surface area contributed by atoms with Gasteiger partial charge in [0.1, 0.15) is 4.21 Å². The zero-order chi connectivity index (χ0) is 14.2. The van der Waals surface area contributed by atoms with Crippen LogP contribution in [0.25, 0.3) is 0 Å². The van der Waals surface area contributed by atoms with Crippen LogP contribution in [0.2, 0.25) is 0 Å². The van der Waals surface area contributed by atoms with Gasteiger partial charge in [0.2, 0.25) is 0 Å². The van der Waals surface area contributed by atoms with Crippen molar-refractivity contribution in [2.24, 2.45) is 0 Å². The van der Waals surface area contributed by atoms with Crippen molar-refractivity contribution in [2.45, 2.75) is 35.5 Å². The third-order valence-corrected chi connectivity index (χ3v) is 7.94. The maximum absolute atomic E-state index is 12.8. The van der Waals surface area contributed by atoms with Gasteiger partial charge in [0.05, 0.1) is 5.88 Å². The molecular weight excluding hydrogens is 334 g/mol. The third kappa shape index (κ3) is 2.94. The van der Waals surface area contributed by atoms with E-state index in [-0.39, 0.29) is 6.04 Å². The summed E-state index contributed by atoms with van der Waals surface area (Å²) >= 11 is 8.62. The molecule has 2 aromatic heterocycles. The van der Waals surface area contributed by atoms with Crippen LogP contribution in [-0.4, -0.2) is 18.8 Å². The molecule has 0 N–H and O–H groups in total. The Hall–Kier alpha value is -0.400. The number of rotatable bonds is 6. The van der Waals surface area contributed by atoms with Crippen LogP contribution < -0.4 is 0 Å². The summed E-state index contributed by atoms with van der Waals surface area (Å²) in [6, 6.07) is 7.55. The van der Waals surface area contributed by atoms with Gasteiger partial charge in [-0.2, -0.15) is 4.31 Å². The second kappa shape index (κ2) is 5.77. The van der Waals surface area contributed by atoms with E-state index < -0.39 is 10.0 Å². The molecule has 3 rings (SSSR count). The van der Waals surface area contributed by atoms with Gasteiger partial charge >= 0.3 is 0 Å². The fourth-order valence-electron chi connectivity index (χ4n) is 2.01. The van der Waals surface area contributed by atoms with Crippen molar-refractivity contribution in [3.63, 3.8) is 0 Å². The Bertz CT molecular complexity index is 674. The summed E-state index contributed by atoms with van der Waals surface area (Å²) in [5.74, 6) is 0.356. The molecule has 20 heavy (non-hydrogen) atoms. The zero-order valence-corrected chi connectivity index (χ0v) is 13.9. The van der Waals surface area contributed by atoms with Gasteiger partial charge in [0, 0.05) is 22.3 Å². The Morgan fingerprint density at radius 1 is 1.25 bits per heavy atom. The number of hydrogen-bond acceptors (Lipinski definition) is 4. The van der Waals surface area contributed by atoms with Gasteiger partial charge in [-0.05, 0) is 36.4 Å². The van der Waals surface area contributed by atoms with E-state index in [9.17, 15) is 8.42 Å². The van der Waals surface area contributed by atoms with Crippen molar-refractivity contribution in [1.29, 1.82) is 0 Å². The number of sulfonamides is 1.